The highest BCUT2D eigenvalue weighted by Gasteiger charge is 2.31. The van der Waals surface area contributed by atoms with Crippen LogP contribution in [-0.4, -0.2) is 40.0 Å². The minimum absolute atomic E-state index is 0.0661. The van der Waals surface area contributed by atoms with Gasteiger partial charge >= 0.3 is 6.18 Å². The molecule has 7 nitrogen and oxygen atoms in total. The van der Waals surface area contributed by atoms with Crippen LogP contribution in [0.3, 0.4) is 0 Å². The molecule has 2 aromatic heterocycles. The van der Waals surface area contributed by atoms with Crippen molar-refractivity contribution in [3.05, 3.63) is 42.0 Å². The number of nitrogens with zero attached hydrogens (tertiary/aromatic N) is 4. The molecule has 3 N–H and O–H groups in total. The van der Waals surface area contributed by atoms with Gasteiger partial charge < -0.3 is 16.0 Å². The van der Waals surface area contributed by atoms with Crippen LogP contribution in [-0.2, 0) is 6.18 Å². The van der Waals surface area contributed by atoms with Crippen molar-refractivity contribution in [1.82, 2.24) is 20.3 Å². The van der Waals surface area contributed by atoms with Crippen molar-refractivity contribution in [2.45, 2.75) is 25.1 Å². The fraction of sp³-hybridized carbons (Fsp3) is 0.375. The van der Waals surface area contributed by atoms with E-state index in [2.05, 4.69) is 20.3 Å². The first-order valence-electron chi connectivity index (χ1n) is 8.00. The molecule has 1 fully saturated rings. The highest BCUT2D eigenvalue weighted by molar-refractivity contribution is 5.96. The highest BCUT2D eigenvalue weighted by Crippen LogP contribution is 2.29. The molecule has 2 aromatic rings. The molecule has 1 saturated heterocycles. The number of nitrogen functional groups attached to an aromatic ring is 1. The zero-order chi connectivity index (χ0) is 18.7. The number of nitrogens with two attached hydrogens (primary N) is 1. The van der Waals surface area contributed by atoms with E-state index in [0.717, 1.165) is 12.3 Å². The van der Waals surface area contributed by atoms with Gasteiger partial charge in [-0.25, -0.2) is 15.0 Å². The zero-order valence-electron chi connectivity index (χ0n) is 13.7. The molecule has 0 bridgehead atoms. The third-order valence-electron chi connectivity index (χ3n) is 4.17. The topological polar surface area (TPSA) is 97.0 Å². The average Bonchev–Trinajstić information content (AvgIpc) is 2.62. The number of hydrogen-bond donors (Lipinski definition) is 2. The van der Waals surface area contributed by atoms with Crippen molar-refractivity contribution in [3.8, 4) is 0 Å². The van der Waals surface area contributed by atoms with Crippen molar-refractivity contribution in [2.75, 3.05) is 23.7 Å². The van der Waals surface area contributed by atoms with E-state index in [9.17, 15) is 18.0 Å². The number of halogens is 3. The standard InChI is InChI=1S/C16H17F3N6O/c17-16(18,19)10-1-2-12(23-9-10)25-7-3-11(4-8-25)24-15(26)13-14(20)22-6-5-21-13/h1-2,5-6,9,11H,3-4,7-8H2,(H2,20,22)(H,24,26). The number of nitrogens with one attached hydrogen (secondary N) is 1. The van der Waals surface area contributed by atoms with E-state index in [0.29, 0.717) is 31.7 Å². The Bertz CT molecular complexity index is 772. The Morgan fingerprint density at radius 3 is 2.42 bits per heavy atom. The molecule has 138 valence electrons. The molecular formula is C16H17F3N6O. The van der Waals surface area contributed by atoms with E-state index in [4.69, 9.17) is 5.73 Å². The van der Waals surface area contributed by atoms with Gasteiger partial charge in [-0.05, 0) is 25.0 Å². The van der Waals surface area contributed by atoms with Gasteiger partial charge in [0.15, 0.2) is 11.5 Å². The maximum absolute atomic E-state index is 12.6. The quantitative estimate of drug-likeness (QED) is 0.861. The number of carbonyl (C=O) groups is 1. The van der Waals surface area contributed by atoms with Crippen LogP contribution in [0.5, 0.6) is 0 Å². The first-order chi connectivity index (χ1) is 12.3. The molecule has 0 atom stereocenters. The number of rotatable bonds is 3. The summed E-state index contributed by atoms with van der Waals surface area (Å²) >= 11 is 0. The largest absolute Gasteiger partial charge is 0.417 e. The number of aromatic nitrogens is 3. The molecule has 26 heavy (non-hydrogen) atoms. The minimum atomic E-state index is -4.40. The van der Waals surface area contributed by atoms with Gasteiger partial charge in [0.05, 0.1) is 5.56 Å². The second-order valence-electron chi connectivity index (χ2n) is 5.93. The number of hydrogen-bond acceptors (Lipinski definition) is 6. The van der Waals surface area contributed by atoms with Gasteiger partial charge in [0.25, 0.3) is 5.91 Å². The third-order valence-corrected chi connectivity index (χ3v) is 4.17. The lowest BCUT2D eigenvalue weighted by atomic mass is 10.0. The monoisotopic (exact) mass is 366 g/mol. The molecule has 1 aliphatic rings. The summed E-state index contributed by atoms with van der Waals surface area (Å²) < 4.78 is 37.8. The van der Waals surface area contributed by atoms with Crippen molar-refractivity contribution < 1.29 is 18.0 Å². The van der Waals surface area contributed by atoms with Gasteiger partial charge in [0.2, 0.25) is 0 Å². The van der Waals surface area contributed by atoms with Crippen molar-refractivity contribution in [3.63, 3.8) is 0 Å². The Kier molecular flexibility index (Phi) is 4.92. The first-order valence-corrected chi connectivity index (χ1v) is 8.00. The van der Waals surface area contributed by atoms with E-state index in [-0.39, 0.29) is 23.5 Å². The Morgan fingerprint density at radius 2 is 1.85 bits per heavy atom. The number of anilines is 2. The lowest BCUT2D eigenvalue weighted by Crippen LogP contribution is -2.45. The maximum atomic E-state index is 12.6. The van der Waals surface area contributed by atoms with E-state index in [1.807, 2.05) is 4.90 Å². The van der Waals surface area contributed by atoms with Crippen LogP contribution in [0.25, 0.3) is 0 Å². The summed E-state index contributed by atoms with van der Waals surface area (Å²) in [5.74, 6) is 0.166. The Morgan fingerprint density at radius 1 is 1.15 bits per heavy atom. The molecule has 1 amide bonds. The molecule has 0 spiro atoms. The number of alkyl halides is 3. The summed E-state index contributed by atoms with van der Waals surface area (Å²) in [6.07, 6.45) is 0.500. The van der Waals surface area contributed by atoms with Crippen LogP contribution in [0.15, 0.2) is 30.7 Å². The summed E-state index contributed by atoms with van der Waals surface area (Å²) in [5, 5.41) is 2.86. The third kappa shape index (κ3) is 4.01. The van der Waals surface area contributed by atoms with E-state index in [1.54, 1.807) is 0 Å². The predicted octanol–water partition coefficient (Wildman–Crippen LogP) is 1.87. The number of carbonyl (C=O) groups excluding carboxylic acids is 1. The van der Waals surface area contributed by atoms with Crippen LogP contribution in [0.2, 0.25) is 0 Å². The normalized spacial score (nSPS) is 15.7. The van der Waals surface area contributed by atoms with Crippen LogP contribution in [0.4, 0.5) is 24.8 Å². The molecule has 0 aliphatic carbocycles. The summed E-state index contributed by atoms with van der Waals surface area (Å²) in [4.78, 5) is 25.7. The molecule has 10 heteroatoms. The lowest BCUT2D eigenvalue weighted by molar-refractivity contribution is -0.137. The Balaban J connectivity index is 1.56. The van der Waals surface area contributed by atoms with E-state index in [1.165, 1.54) is 18.5 Å². The lowest BCUT2D eigenvalue weighted by Gasteiger charge is -2.33. The van der Waals surface area contributed by atoms with Crippen LogP contribution in [0.1, 0.15) is 28.9 Å². The van der Waals surface area contributed by atoms with Gasteiger partial charge in [-0.2, -0.15) is 13.2 Å². The Labute approximate surface area is 147 Å². The molecule has 3 heterocycles. The molecule has 0 saturated carbocycles. The van der Waals surface area contributed by atoms with Crippen LogP contribution in [0, 0.1) is 0 Å². The average molecular weight is 366 g/mol. The number of pyridine rings is 1. The van der Waals surface area contributed by atoms with E-state index >= 15 is 0 Å². The number of amides is 1. The van der Waals surface area contributed by atoms with E-state index < -0.39 is 11.7 Å². The zero-order valence-corrected chi connectivity index (χ0v) is 13.7. The molecule has 3 rings (SSSR count). The smallest absolute Gasteiger partial charge is 0.382 e. The van der Waals surface area contributed by atoms with Crippen LogP contribution < -0.4 is 16.0 Å². The predicted molar refractivity (Wildman–Crippen MR) is 88.4 cm³/mol. The van der Waals surface area contributed by atoms with Crippen LogP contribution >= 0.6 is 0 Å². The summed E-state index contributed by atoms with van der Waals surface area (Å²) in [6.45, 7) is 1.14. The molecule has 0 aromatic carbocycles. The first kappa shape index (κ1) is 17.9. The summed E-state index contributed by atoms with van der Waals surface area (Å²) in [5.41, 5.74) is 4.95. The molecule has 0 radical (unpaired) electrons. The second-order valence-corrected chi connectivity index (χ2v) is 5.93. The van der Waals surface area contributed by atoms with Crippen molar-refractivity contribution >= 4 is 17.5 Å². The fourth-order valence-corrected chi connectivity index (χ4v) is 2.77. The van der Waals surface area contributed by atoms with Crippen molar-refractivity contribution in [1.29, 1.82) is 0 Å². The van der Waals surface area contributed by atoms with Gasteiger partial charge in [-0.15, -0.1) is 0 Å². The van der Waals surface area contributed by atoms with Gasteiger partial charge in [-0.1, -0.05) is 0 Å². The summed E-state index contributed by atoms with van der Waals surface area (Å²) in [7, 11) is 0. The number of piperidine rings is 1. The molecule has 1 aliphatic heterocycles. The minimum Gasteiger partial charge on any atom is -0.382 e. The highest BCUT2D eigenvalue weighted by atomic mass is 19.4. The molecular weight excluding hydrogens is 349 g/mol. The Hall–Kier alpha value is -2.91. The van der Waals surface area contributed by atoms with Crippen molar-refractivity contribution in [2.24, 2.45) is 0 Å². The fourth-order valence-electron chi connectivity index (χ4n) is 2.77. The maximum Gasteiger partial charge on any atom is 0.417 e. The second kappa shape index (κ2) is 7.14. The molecule has 0 unspecified atom stereocenters. The SMILES string of the molecule is Nc1nccnc1C(=O)NC1CCN(c2ccc(C(F)(F)F)cn2)CC1. The van der Waals surface area contributed by atoms with Gasteiger partial charge in [0, 0.05) is 37.7 Å². The van der Waals surface area contributed by atoms with Gasteiger partial charge in [-0.3, -0.25) is 4.79 Å². The summed E-state index contributed by atoms with van der Waals surface area (Å²) in [6, 6.07) is 2.31. The van der Waals surface area contributed by atoms with Gasteiger partial charge in [0.1, 0.15) is 5.82 Å².